The van der Waals surface area contributed by atoms with Crippen LogP contribution in [0.1, 0.15) is 23.0 Å². The lowest BCUT2D eigenvalue weighted by Crippen LogP contribution is -2.24. The van der Waals surface area contributed by atoms with Crippen molar-refractivity contribution in [2.24, 2.45) is 0 Å². The van der Waals surface area contributed by atoms with Gasteiger partial charge in [0.25, 0.3) is 0 Å². The van der Waals surface area contributed by atoms with Crippen LogP contribution in [0.15, 0.2) is 10.9 Å². The molecule has 0 aromatic carbocycles. The van der Waals surface area contributed by atoms with Gasteiger partial charge in [-0.2, -0.15) is 0 Å². The molecule has 0 atom stereocenters. The Morgan fingerprint density at radius 3 is 2.53 bits per heavy atom. The topological polar surface area (TPSA) is 68.4 Å². The van der Waals surface area contributed by atoms with Crippen LogP contribution in [0.2, 0.25) is 0 Å². The van der Waals surface area contributed by atoms with Crippen LogP contribution in [0.5, 0.6) is 5.75 Å². The Balaban J connectivity index is 3.37. The summed E-state index contributed by atoms with van der Waals surface area (Å²) in [6, 6.07) is 0.573. The minimum atomic E-state index is -5.14. The smallest absolute Gasteiger partial charge is 0.461 e. The first kappa shape index (κ1) is 15.0. The number of pyridine rings is 1. The fraction of sp³-hybridized carbons (Fsp3) is 0.400. The van der Waals surface area contributed by atoms with E-state index in [1.807, 2.05) is 4.98 Å². The predicted octanol–water partition coefficient (Wildman–Crippen LogP) is 1.92. The van der Waals surface area contributed by atoms with Gasteiger partial charge in [-0.3, -0.25) is 4.79 Å². The Labute approximate surface area is 104 Å². The van der Waals surface area contributed by atoms with Gasteiger partial charge < -0.3 is 14.5 Å². The molecule has 1 heterocycles. The fourth-order valence-corrected chi connectivity index (χ4v) is 1.28. The van der Waals surface area contributed by atoms with Crippen LogP contribution in [0.4, 0.5) is 17.6 Å². The van der Waals surface area contributed by atoms with Crippen molar-refractivity contribution >= 4 is 5.97 Å². The highest BCUT2D eigenvalue weighted by atomic mass is 19.4. The van der Waals surface area contributed by atoms with Gasteiger partial charge in [-0.1, -0.05) is 0 Å². The molecule has 106 valence electrons. The Hall–Kier alpha value is -2.06. The fourth-order valence-electron chi connectivity index (χ4n) is 1.28. The molecule has 0 fully saturated rings. The second-order valence-electron chi connectivity index (χ2n) is 3.26. The lowest BCUT2D eigenvalue weighted by atomic mass is 10.2. The van der Waals surface area contributed by atoms with Gasteiger partial charge in [0.1, 0.15) is 6.67 Å². The molecule has 9 heteroatoms. The number of aromatic nitrogens is 1. The standard InChI is InChI=1S/C10H9F4NO4/c1-2-18-9(17)7-8(19-10(12,13)14)5(4-11)3-6(16)15-7/h3H,2,4H2,1H3,(H,15,16). The Bertz CT molecular complexity index is 523. The van der Waals surface area contributed by atoms with Crippen molar-refractivity contribution in [2.75, 3.05) is 6.61 Å². The van der Waals surface area contributed by atoms with Gasteiger partial charge >= 0.3 is 12.3 Å². The van der Waals surface area contributed by atoms with E-state index in [0.717, 1.165) is 0 Å². The Morgan fingerprint density at radius 2 is 2.05 bits per heavy atom. The van der Waals surface area contributed by atoms with Crippen molar-refractivity contribution in [3.8, 4) is 5.75 Å². The molecule has 0 aliphatic rings. The molecule has 19 heavy (non-hydrogen) atoms. The molecule has 0 spiro atoms. The van der Waals surface area contributed by atoms with E-state index >= 15 is 0 Å². The van der Waals surface area contributed by atoms with Gasteiger partial charge in [0.15, 0.2) is 11.4 Å². The molecule has 0 unspecified atom stereocenters. The lowest BCUT2D eigenvalue weighted by molar-refractivity contribution is -0.275. The summed E-state index contributed by atoms with van der Waals surface area (Å²) >= 11 is 0. The molecule has 1 N–H and O–H groups in total. The molecule has 0 bridgehead atoms. The van der Waals surface area contributed by atoms with Crippen molar-refractivity contribution in [3.63, 3.8) is 0 Å². The van der Waals surface area contributed by atoms with Gasteiger partial charge in [-0.05, 0) is 6.92 Å². The lowest BCUT2D eigenvalue weighted by Gasteiger charge is -2.14. The van der Waals surface area contributed by atoms with Crippen LogP contribution in [-0.4, -0.2) is 23.9 Å². The zero-order valence-electron chi connectivity index (χ0n) is 9.64. The zero-order chi connectivity index (χ0) is 14.6. The van der Waals surface area contributed by atoms with E-state index in [-0.39, 0.29) is 6.61 Å². The van der Waals surface area contributed by atoms with Crippen LogP contribution in [0.3, 0.4) is 0 Å². The average molecular weight is 283 g/mol. The maximum atomic E-state index is 12.6. The van der Waals surface area contributed by atoms with Crippen LogP contribution >= 0.6 is 0 Å². The van der Waals surface area contributed by atoms with E-state index in [1.54, 1.807) is 0 Å². The van der Waals surface area contributed by atoms with Crippen molar-refractivity contribution in [3.05, 3.63) is 27.7 Å². The summed E-state index contributed by atoms with van der Waals surface area (Å²) in [5, 5.41) is 0. The summed E-state index contributed by atoms with van der Waals surface area (Å²) in [7, 11) is 0. The molecular formula is C10H9F4NO4. The number of alkyl halides is 4. The van der Waals surface area contributed by atoms with E-state index in [2.05, 4.69) is 9.47 Å². The number of ether oxygens (including phenoxy) is 2. The van der Waals surface area contributed by atoms with E-state index in [4.69, 9.17) is 0 Å². The summed E-state index contributed by atoms with van der Waals surface area (Å²) < 4.78 is 57.2. The van der Waals surface area contributed by atoms with Crippen molar-refractivity contribution in [1.29, 1.82) is 0 Å². The molecule has 5 nitrogen and oxygen atoms in total. The zero-order valence-corrected chi connectivity index (χ0v) is 9.64. The number of carbonyl (C=O) groups excluding carboxylic acids is 1. The molecule has 0 amide bonds. The number of rotatable bonds is 4. The number of nitrogens with one attached hydrogen (secondary N) is 1. The Morgan fingerprint density at radius 1 is 1.42 bits per heavy atom. The highest BCUT2D eigenvalue weighted by Gasteiger charge is 2.35. The van der Waals surface area contributed by atoms with Crippen LogP contribution in [-0.2, 0) is 11.4 Å². The minimum absolute atomic E-state index is 0.133. The quantitative estimate of drug-likeness (QED) is 0.677. The van der Waals surface area contributed by atoms with Crippen LogP contribution in [0.25, 0.3) is 0 Å². The first-order chi connectivity index (χ1) is 8.78. The highest BCUT2D eigenvalue weighted by Crippen LogP contribution is 2.29. The van der Waals surface area contributed by atoms with Gasteiger partial charge in [0, 0.05) is 11.6 Å². The van der Waals surface area contributed by atoms with Gasteiger partial charge in [0.2, 0.25) is 5.56 Å². The largest absolute Gasteiger partial charge is 0.573 e. The molecule has 0 saturated heterocycles. The molecule has 0 aliphatic carbocycles. The monoisotopic (exact) mass is 283 g/mol. The van der Waals surface area contributed by atoms with Crippen LogP contribution in [0, 0.1) is 0 Å². The molecule has 0 saturated carbocycles. The summed E-state index contributed by atoms with van der Waals surface area (Å²) in [5.74, 6) is -2.35. The molecule has 0 aliphatic heterocycles. The van der Waals surface area contributed by atoms with Crippen LogP contribution < -0.4 is 10.3 Å². The van der Waals surface area contributed by atoms with E-state index in [1.165, 1.54) is 6.92 Å². The molecule has 0 radical (unpaired) electrons. The molecule has 1 rings (SSSR count). The predicted molar refractivity (Wildman–Crippen MR) is 54.5 cm³/mol. The minimum Gasteiger partial charge on any atom is -0.461 e. The van der Waals surface area contributed by atoms with E-state index < -0.39 is 41.6 Å². The third-order valence-corrected chi connectivity index (χ3v) is 1.91. The maximum absolute atomic E-state index is 12.6. The summed E-state index contributed by atoms with van der Waals surface area (Å²) in [5.41, 5.74) is -2.51. The number of halogens is 4. The first-order valence-electron chi connectivity index (χ1n) is 5.03. The molecule has 1 aromatic rings. The molecular weight excluding hydrogens is 274 g/mol. The number of hydrogen-bond acceptors (Lipinski definition) is 4. The normalized spacial score (nSPS) is 11.2. The third-order valence-electron chi connectivity index (χ3n) is 1.91. The number of H-pyrrole nitrogens is 1. The maximum Gasteiger partial charge on any atom is 0.573 e. The third kappa shape index (κ3) is 3.97. The number of aromatic amines is 1. The van der Waals surface area contributed by atoms with Gasteiger partial charge in [0.05, 0.1) is 6.61 Å². The highest BCUT2D eigenvalue weighted by molar-refractivity contribution is 5.90. The second-order valence-corrected chi connectivity index (χ2v) is 3.26. The summed E-state index contributed by atoms with van der Waals surface area (Å²) in [4.78, 5) is 24.4. The van der Waals surface area contributed by atoms with Crippen molar-refractivity contribution in [1.82, 2.24) is 4.98 Å². The first-order valence-corrected chi connectivity index (χ1v) is 5.03. The van der Waals surface area contributed by atoms with Crippen molar-refractivity contribution in [2.45, 2.75) is 20.0 Å². The van der Waals surface area contributed by atoms with Gasteiger partial charge in [-0.25, -0.2) is 9.18 Å². The van der Waals surface area contributed by atoms with Crippen molar-refractivity contribution < 1.29 is 31.8 Å². The van der Waals surface area contributed by atoms with E-state index in [9.17, 15) is 27.2 Å². The summed E-state index contributed by atoms with van der Waals surface area (Å²) in [6.45, 7) is -0.118. The van der Waals surface area contributed by atoms with E-state index in [0.29, 0.717) is 6.07 Å². The average Bonchev–Trinajstić information content (AvgIpc) is 2.29. The summed E-state index contributed by atoms with van der Waals surface area (Å²) in [6.07, 6.45) is -5.14. The number of carbonyl (C=O) groups is 1. The number of hydrogen-bond donors (Lipinski definition) is 1. The molecule has 1 aromatic heterocycles. The number of esters is 1. The van der Waals surface area contributed by atoms with Gasteiger partial charge in [-0.15, -0.1) is 13.2 Å². The second kappa shape index (κ2) is 5.72. The SMILES string of the molecule is CCOC(=O)c1[nH]c(=O)cc(CF)c1OC(F)(F)F. The Kier molecular flexibility index (Phi) is 4.52.